The van der Waals surface area contributed by atoms with E-state index >= 15 is 0 Å². The molecule has 0 spiro atoms. The third-order valence-electron chi connectivity index (χ3n) is 4.56. The number of rotatable bonds is 4. The van der Waals surface area contributed by atoms with Crippen LogP contribution in [0.25, 0.3) is 0 Å². The molecule has 2 aromatic carbocycles. The predicted octanol–water partition coefficient (Wildman–Crippen LogP) is 5.72. The molecule has 2 aromatic rings. The molecule has 28 heavy (non-hydrogen) atoms. The van der Waals surface area contributed by atoms with E-state index in [-0.39, 0.29) is 22.1 Å². The van der Waals surface area contributed by atoms with E-state index in [9.17, 15) is 14.9 Å². The number of nitrogens with one attached hydrogen (secondary N) is 1. The second-order valence-electron chi connectivity index (χ2n) is 8.90. The van der Waals surface area contributed by atoms with E-state index in [1.165, 1.54) is 25.3 Å². The number of carbonyl (C=O) groups excluding carboxylic acids is 1. The lowest BCUT2D eigenvalue weighted by atomic mass is 9.80. The molecule has 0 atom stereocenters. The Balaban J connectivity index is 2.55. The summed E-state index contributed by atoms with van der Waals surface area (Å²) in [6, 6.07) is 10.5. The number of hydrogen-bond donors (Lipinski definition) is 1. The summed E-state index contributed by atoms with van der Waals surface area (Å²) in [4.78, 5) is 22.7. The fraction of sp³-hybridized carbons (Fsp3) is 0.409. The van der Waals surface area contributed by atoms with Crippen LogP contribution in [0.2, 0.25) is 0 Å². The lowest BCUT2D eigenvalue weighted by Crippen LogP contribution is -2.17. The Bertz CT molecular complexity index is 873. The minimum Gasteiger partial charge on any atom is -0.465 e. The first-order valence-corrected chi connectivity index (χ1v) is 9.13. The third-order valence-corrected chi connectivity index (χ3v) is 4.56. The highest BCUT2D eigenvalue weighted by Crippen LogP contribution is 2.35. The average molecular weight is 384 g/mol. The van der Waals surface area contributed by atoms with Crippen LogP contribution in [0.3, 0.4) is 0 Å². The van der Waals surface area contributed by atoms with Gasteiger partial charge in [-0.25, -0.2) is 4.79 Å². The van der Waals surface area contributed by atoms with Crippen molar-refractivity contribution in [3.63, 3.8) is 0 Å². The summed E-state index contributed by atoms with van der Waals surface area (Å²) >= 11 is 0. The second-order valence-corrected chi connectivity index (χ2v) is 8.90. The van der Waals surface area contributed by atoms with Gasteiger partial charge in [0.25, 0.3) is 5.69 Å². The van der Waals surface area contributed by atoms with Crippen LogP contribution < -0.4 is 5.32 Å². The number of anilines is 2. The molecule has 6 nitrogen and oxygen atoms in total. The molecule has 0 amide bonds. The van der Waals surface area contributed by atoms with Crippen LogP contribution in [0.15, 0.2) is 36.4 Å². The quantitative estimate of drug-likeness (QED) is 0.414. The Morgan fingerprint density at radius 3 is 1.93 bits per heavy atom. The molecule has 0 bridgehead atoms. The molecule has 0 saturated carbocycles. The maximum Gasteiger partial charge on any atom is 0.338 e. The van der Waals surface area contributed by atoms with Gasteiger partial charge in [-0.05, 0) is 46.2 Å². The molecule has 2 rings (SSSR count). The zero-order valence-corrected chi connectivity index (χ0v) is 17.5. The fourth-order valence-electron chi connectivity index (χ4n) is 2.75. The molecular weight excluding hydrogens is 356 g/mol. The van der Waals surface area contributed by atoms with Crippen LogP contribution in [-0.4, -0.2) is 18.0 Å². The largest absolute Gasteiger partial charge is 0.465 e. The van der Waals surface area contributed by atoms with Crippen LogP contribution in [-0.2, 0) is 15.6 Å². The first kappa shape index (κ1) is 21.4. The summed E-state index contributed by atoms with van der Waals surface area (Å²) < 4.78 is 4.65. The number of nitrogens with zero attached hydrogens (tertiary/aromatic N) is 1. The molecule has 0 radical (unpaired) electrons. The fourth-order valence-corrected chi connectivity index (χ4v) is 2.75. The second kappa shape index (κ2) is 7.62. The van der Waals surface area contributed by atoms with E-state index in [1.54, 1.807) is 0 Å². The molecule has 0 fully saturated rings. The maximum absolute atomic E-state index is 11.7. The van der Waals surface area contributed by atoms with E-state index in [1.807, 2.05) is 12.1 Å². The van der Waals surface area contributed by atoms with Crippen LogP contribution in [0, 0.1) is 10.1 Å². The van der Waals surface area contributed by atoms with Gasteiger partial charge >= 0.3 is 5.97 Å². The first-order chi connectivity index (χ1) is 12.8. The van der Waals surface area contributed by atoms with Crippen molar-refractivity contribution in [1.82, 2.24) is 0 Å². The molecule has 0 aliphatic rings. The van der Waals surface area contributed by atoms with E-state index in [4.69, 9.17) is 0 Å². The number of benzene rings is 2. The van der Waals surface area contributed by atoms with Gasteiger partial charge in [-0.1, -0.05) is 47.6 Å². The van der Waals surface area contributed by atoms with Gasteiger partial charge in [0.15, 0.2) is 0 Å². The number of carbonyl (C=O) groups is 1. The normalized spacial score (nSPS) is 11.8. The van der Waals surface area contributed by atoms with Gasteiger partial charge in [0.1, 0.15) is 5.69 Å². The van der Waals surface area contributed by atoms with Crippen molar-refractivity contribution in [1.29, 1.82) is 0 Å². The third kappa shape index (κ3) is 4.88. The van der Waals surface area contributed by atoms with Crippen molar-refractivity contribution in [3.05, 3.63) is 63.2 Å². The first-order valence-electron chi connectivity index (χ1n) is 9.13. The van der Waals surface area contributed by atoms with Crippen LogP contribution in [0.1, 0.15) is 63.0 Å². The van der Waals surface area contributed by atoms with Gasteiger partial charge in [-0.15, -0.1) is 0 Å². The summed E-state index contributed by atoms with van der Waals surface area (Å²) in [5.41, 5.74) is 3.18. The SMILES string of the molecule is COC(=O)c1ccc(Nc2cc(C(C)(C)C)cc(C(C)(C)C)c2)c([N+](=O)[O-])c1. The average Bonchev–Trinajstić information content (AvgIpc) is 2.59. The Kier molecular flexibility index (Phi) is 5.83. The summed E-state index contributed by atoms with van der Waals surface area (Å²) in [6.07, 6.45) is 0. The predicted molar refractivity (Wildman–Crippen MR) is 112 cm³/mol. The van der Waals surface area contributed by atoms with E-state index in [0.29, 0.717) is 5.69 Å². The van der Waals surface area contributed by atoms with Crippen molar-refractivity contribution in [3.8, 4) is 0 Å². The highest BCUT2D eigenvalue weighted by atomic mass is 16.6. The number of hydrogen-bond acceptors (Lipinski definition) is 5. The number of ether oxygens (including phenoxy) is 1. The Morgan fingerprint density at radius 1 is 0.964 bits per heavy atom. The summed E-state index contributed by atoms with van der Waals surface area (Å²) in [6.45, 7) is 12.8. The maximum atomic E-state index is 11.7. The van der Waals surface area contributed by atoms with Gasteiger partial charge in [0.05, 0.1) is 17.6 Å². The number of nitro benzene ring substituents is 1. The Labute approximate surface area is 166 Å². The van der Waals surface area contributed by atoms with Crippen LogP contribution in [0.4, 0.5) is 17.1 Å². The molecule has 1 N–H and O–H groups in total. The van der Waals surface area contributed by atoms with Crippen LogP contribution in [0.5, 0.6) is 0 Å². The smallest absolute Gasteiger partial charge is 0.338 e. The van der Waals surface area contributed by atoms with Gasteiger partial charge in [-0.3, -0.25) is 10.1 Å². The number of nitro groups is 1. The zero-order valence-electron chi connectivity index (χ0n) is 17.5. The molecule has 0 unspecified atom stereocenters. The Hall–Kier alpha value is -2.89. The lowest BCUT2D eigenvalue weighted by molar-refractivity contribution is -0.383. The van der Waals surface area contributed by atoms with Crippen molar-refractivity contribution in [2.24, 2.45) is 0 Å². The van der Waals surface area contributed by atoms with E-state index in [0.717, 1.165) is 16.8 Å². The number of methoxy groups -OCH3 is 1. The lowest BCUT2D eigenvalue weighted by Gasteiger charge is -2.26. The summed E-state index contributed by atoms with van der Waals surface area (Å²) in [5.74, 6) is -0.612. The van der Waals surface area contributed by atoms with E-state index in [2.05, 4.69) is 57.7 Å². The minimum atomic E-state index is -0.612. The van der Waals surface area contributed by atoms with Crippen LogP contribution >= 0.6 is 0 Å². The monoisotopic (exact) mass is 384 g/mol. The van der Waals surface area contributed by atoms with Crippen molar-refractivity contribution < 1.29 is 14.5 Å². The highest BCUT2D eigenvalue weighted by Gasteiger charge is 2.22. The van der Waals surface area contributed by atoms with Gasteiger partial charge in [0.2, 0.25) is 0 Å². The molecule has 6 heteroatoms. The summed E-state index contributed by atoms with van der Waals surface area (Å²) in [5, 5.41) is 14.7. The zero-order chi connectivity index (χ0) is 21.3. The topological polar surface area (TPSA) is 81.5 Å². The van der Waals surface area contributed by atoms with Crippen molar-refractivity contribution >= 4 is 23.0 Å². The Morgan fingerprint density at radius 2 is 1.50 bits per heavy atom. The van der Waals surface area contributed by atoms with Gasteiger partial charge in [-0.2, -0.15) is 0 Å². The molecule has 0 aliphatic heterocycles. The molecule has 0 aliphatic carbocycles. The molecule has 0 saturated heterocycles. The summed E-state index contributed by atoms with van der Waals surface area (Å²) in [7, 11) is 1.24. The van der Waals surface area contributed by atoms with Crippen molar-refractivity contribution in [2.75, 3.05) is 12.4 Å². The molecule has 0 heterocycles. The van der Waals surface area contributed by atoms with Crippen molar-refractivity contribution in [2.45, 2.75) is 52.4 Å². The highest BCUT2D eigenvalue weighted by molar-refractivity contribution is 5.91. The molecule has 150 valence electrons. The molecular formula is C22H28N2O4. The molecule has 0 aromatic heterocycles. The van der Waals surface area contributed by atoms with E-state index < -0.39 is 10.9 Å². The number of esters is 1. The minimum absolute atomic E-state index is 0.0711. The standard InChI is InChI=1S/C22H28N2O4/c1-21(2,3)15-11-16(22(4,5)6)13-17(12-15)23-18-9-8-14(20(25)28-7)10-19(18)24(26)27/h8-13,23H,1-7H3. The van der Waals surface area contributed by atoms with Gasteiger partial charge in [0, 0.05) is 11.8 Å². The van der Waals surface area contributed by atoms with Gasteiger partial charge < -0.3 is 10.1 Å².